The van der Waals surface area contributed by atoms with Gasteiger partial charge < -0.3 is 26.4 Å². The molecule has 9 heteroatoms. The van der Waals surface area contributed by atoms with Crippen molar-refractivity contribution in [2.24, 2.45) is 5.73 Å². The molecule has 0 heterocycles. The number of nitrogens with two attached hydrogens (primary N) is 1. The van der Waals surface area contributed by atoms with Gasteiger partial charge in [-0.05, 0) is 81.3 Å². The van der Waals surface area contributed by atoms with E-state index < -0.39 is 12.1 Å². The van der Waals surface area contributed by atoms with Gasteiger partial charge in [0, 0.05) is 27.0 Å². The van der Waals surface area contributed by atoms with Gasteiger partial charge in [0.1, 0.15) is 18.4 Å². The quantitative estimate of drug-likeness (QED) is 0.224. The van der Waals surface area contributed by atoms with Crippen LogP contribution in [-0.4, -0.2) is 24.5 Å². The molecule has 0 aliphatic rings. The van der Waals surface area contributed by atoms with Gasteiger partial charge in [0.15, 0.2) is 0 Å². The maximum Gasteiger partial charge on any atom is 0.319 e. The predicted molar refractivity (Wildman–Crippen MR) is 146 cm³/mol. The van der Waals surface area contributed by atoms with Crippen LogP contribution in [0.3, 0.4) is 0 Å². The Morgan fingerprint density at radius 3 is 2.25 bits per heavy atom. The van der Waals surface area contributed by atoms with Crippen LogP contribution in [0.4, 0.5) is 16.2 Å². The summed E-state index contributed by atoms with van der Waals surface area (Å²) in [6.45, 7) is 2.78. The van der Waals surface area contributed by atoms with E-state index in [-0.39, 0.29) is 12.5 Å². The maximum absolute atomic E-state index is 12.8. The summed E-state index contributed by atoms with van der Waals surface area (Å²) in [7, 11) is 0. The highest BCUT2D eigenvalue weighted by Crippen LogP contribution is 2.23. The summed E-state index contributed by atoms with van der Waals surface area (Å²) in [5, 5.41) is 9.48. The number of hydrogen-bond donors (Lipinski definition) is 4. The number of benzene rings is 3. The van der Waals surface area contributed by atoms with Crippen molar-refractivity contribution in [2.45, 2.75) is 38.8 Å². The molecule has 0 aliphatic heterocycles. The zero-order valence-corrected chi connectivity index (χ0v) is 21.5. The van der Waals surface area contributed by atoms with Crippen LogP contribution < -0.4 is 26.4 Å². The second kappa shape index (κ2) is 13.7. The van der Waals surface area contributed by atoms with Gasteiger partial charge in [-0.15, -0.1) is 0 Å². The summed E-state index contributed by atoms with van der Waals surface area (Å²) >= 11 is 12.1. The van der Waals surface area contributed by atoms with Crippen molar-refractivity contribution in [1.29, 1.82) is 0 Å². The molecular weight excluding hydrogens is 499 g/mol. The Hall–Kier alpha value is -3.26. The second-order valence-corrected chi connectivity index (χ2v) is 9.18. The Morgan fingerprint density at radius 2 is 1.58 bits per heavy atom. The van der Waals surface area contributed by atoms with Crippen LogP contribution >= 0.6 is 23.2 Å². The third-order valence-electron chi connectivity index (χ3n) is 5.41. The molecule has 0 aromatic heterocycles. The number of carbonyl (C=O) groups excluding carboxylic acids is 2. The summed E-state index contributed by atoms with van der Waals surface area (Å²) in [6.07, 6.45) is 1.95. The highest BCUT2D eigenvalue weighted by molar-refractivity contribution is 6.35. The first-order valence-corrected chi connectivity index (χ1v) is 12.4. The molecule has 5 N–H and O–H groups in total. The third-order valence-corrected chi connectivity index (χ3v) is 6.00. The number of halogens is 2. The normalized spacial score (nSPS) is 11.4. The highest BCUT2D eigenvalue weighted by atomic mass is 35.5. The van der Waals surface area contributed by atoms with E-state index in [4.69, 9.17) is 33.7 Å². The monoisotopic (exact) mass is 528 g/mol. The Bertz CT molecular complexity index is 1150. The molecule has 7 nitrogen and oxygen atoms in total. The minimum Gasteiger partial charge on any atom is -0.489 e. The topological polar surface area (TPSA) is 105 Å². The van der Waals surface area contributed by atoms with E-state index >= 15 is 0 Å². The molecule has 0 bridgehead atoms. The summed E-state index contributed by atoms with van der Waals surface area (Å²) < 4.78 is 5.77. The molecule has 0 saturated heterocycles. The van der Waals surface area contributed by atoms with Crippen LogP contribution in [0.2, 0.25) is 10.0 Å². The molecule has 190 valence electrons. The molecule has 3 amide bonds. The van der Waals surface area contributed by atoms with Gasteiger partial charge in [-0.1, -0.05) is 47.0 Å². The van der Waals surface area contributed by atoms with Gasteiger partial charge in [-0.25, -0.2) is 4.79 Å². The molecule has 0 radical (unpaired) electrons. The van der Waals surface area contributed by atoms with Gasteiger partial charge >= 0.3 is 6.03 Å². The summed E-state index contributed by atoms with van der Waals surface area (Å²) in [4.78, 5) is 25.5. The lowest BCUT2D eigenvalue weighted by Gasteiger charge is -2.19. The van der Waals surface area contributed by atoms with Crippen molar-refractivity contribution < 1.29 is 14.3 Å². The van der Waals surface area contributed by atoms with Gasteiger partial charge in [-0.2, -0.15) is 0 Å². The Balaban J connectivity index is 1.55. The first-order valence-electron chi connectivity index (χ1n) is 11.7. The van der Waals surface area contributed by atoms with Crippen molar-refractivity contribution in [3.05, 3.63) is 87.9 Å². The summed E-state index contributed by atoms with van der Waals surface area (Å²) in [5.74, 6) is 0.333. The lowest BCUT2D eigenvalue weighted by atomic mass is 10.1. The van der Waals surface area contributed by atoms with Gasteiger partial charge in [0.2, 0.25) is 5.91 Å². The SMILES string of the molecule is Cc1ccc(NC(=O)[C@H](CCCCN)NC(=O)Nc2ccc(OCc3ccc(Cl)cc3Cl)cc2)cc1. The average molecular weight is 529 g/mol. The van der Waals surface area contributed by atoms with Crippen LogP contribution in [-0.2, 0) is 11.4 Å². The van der Waals surface area contributed by atoms with E-state index in [1.54, 1.807) is 36.4 Å². The van der Waals surface area contributed by atoms with E-state index in [1.165, 1.54) is 0 Å². The molecular formula is C27H30Cl2N4O3. The largest absolute Gasteiger partial charge is 0.489 e. The van der Waals surface area contributed by atoms with Crippen molar-refractivity contribution in [3.63, 3.8) is 0 Å². The van der Waals surface area contributed by atoms with Crippen LogP contribution in [0.5, 0.6) is 5.75 Å². The zero-order valence-electron chi connectivity index (χ0n) is 20.0. The first-order chi connectivity index (χ1) is 17.3. The van der Waals surface area contributed by atoms with Crippen LogP contribution in [0.1, 0.15) is 30.4 Å². The van der Waals surface area contributed by atoms with E-state index in [0.29, 0.717) is 46.6 Å². The molecule has 3 aromatic rings. The van der Waals surface area contributed by atoms with Crippen LogP contribution in [0, 0.1) is 6.92 Å². The zero-order chi connectivity index (χ0) is 25.9. The number of aryl methyl sites for hydroxylation is 1. The van der Waals surface area contributed by atoms with E-state index in [2.05, 4.69) is 16.0 Å². The number of rotatable bonds is 11. The Morgan fingerprint density at radius 1 is 0.917 bits per heavy atom. The smallest absolute Gasteiger partial charge is 0.319 e. The molecule has 0 saturated carbocycles. The number of anilines is 2. The van der Waals surface area contributed by atoms with E-state index in [0.717, 1.165) is 17.5 Å². The fourth-order valence-electron chi connectivity index (χ4n) is 3.39. The van der Waals surface area contributed by atoms with Gasteiger partial charge in [0.25, 0.3) is 0 Å². The predicted octanol–water partition coefficient (Wildman–Crippen LogP) is 6.14. The molecule has 0 spiro atoms. The second-order valence-electron chi connectivity index (χ2n) is 8.34. The van der Waals surface area contributed by atoms with Crippen LogP contribution in [0.25, 0.3) is 0 Å². The number of nitrogens with one attached hydrogen (secondary N) is 3. The maximum atomic E-state index is 12.8. The van der Waals surface area contributed by atoms with Crippen molar-refractivity contribution in [1.82, 2.24) is 5.32 Å². The standard InChI is InChI=1S/C27H30Cl2N4O3/c1-18-5-9-21(10-6-18)31-26(34)25(4-2-3-15-30)33-27(35)32-22-11-13-23(14-12-22)36-17-19-7-8-20(28)16-24(19)29/h5-14,16,25H,2-4,15,17,30H2,1H3,(H,31,34)(H2,32,33,35)/t25-/m0/s1. The highest BCUT2D eigenvalue weighted by Gasteiger charge is 2.20. The lowest BCUT2D eigenvalue weighted by molar-refractivity contribution is -0.118. The van der Waals surface area contributed by atoms with Crippen molar-refractivity contribution in [3.8, 4) is 5.75 Å². The van der Waals surface area contributed by atoms with E-state index in [9.17, 15) is 9.59 Å². The molecule has 1 atom stereocenters. The van der Waals surface area contributed by atoms with Gasteiger partial charge in [-0.3, -0.25) is 4.79 Å². The summed E-state index contributed by atoms with van der Waals surface area (Å²) in [5.41, 5.74) is 8.73. The molecule has 3 rings (SSSR count). The number of urea groups is 1. The van der Waals surface area contributed by atoms with Gasteiger partial charge in [0.05, 0.1) is 0 Å². The Kier molecular flexibility index (Phi) is 10.4. The fourth-order valence-corrected chi connectivity index (χ4v) is 3.85. The molecule has 0 aliphatic carbocycles. The number of unbranched alkanes of at least 4 members (excludes halogenated alkanes) is 1. The Labute approximate surface area is 221 Å². The van der Waals surface area contributed by atoms with Crippen molar-refractivity contribution in [2.75, 3.05) is 17.2 Å². The van der Waals surface area contributed by atoms with Crippen LogP contribution in [0.15, 0.2) is 66.7 Å². The molecule has 36 heavy (non-hydrogen) atoms. The number of amides is 3. The molecule has 3 aromatic carbocycles. The minimum absolute atomic E-state index is 0.282. The lowest BCUT2D eigenvalue weighted by Crippen LogP contribution is -2.45. The first kappa shape index (κ1) is 27.3. The van der Waals surface area contributed by atoms with E-state index in [1.807, 2.05) is 37.3 Å². The minimum atomic E-state index is -0.704. The molecule has 0 fully saturated rings. The number of hydrogen-bond acceptors (Lipinski definition) is 4. The molecule has 0 unspecified atom stereocenters. The van der Waals surface area contributed by atoms with Crippen molar-refractivity contribution >= 4 is 46.5 Å². The number of ether oxygens (including phenoxy) is 1. The third kappa shape index (κ3) is 8.75. The summed E-state index contributed by atoms with van der Waals surface area (Å²) in [6, 6.07) is 18.4. The number of carbonyl (C=O) groups is 2. The average Bonchev–Trinajstić information content (AvgIpc) is 2.85. The fraction of sp³-hybridized carbons (Fsp3) is 0.259.